The molecule has 0 fully saturated rings. The average Bonchev–Trinajstić information content (AvgIpc) is 3.05. The summed E-state index contributed by atoms with van der Waals surface area (Å²) < 4.78 is 0. The number of hydrogen-bond acceptors (Lipinski definition) is 4. The van der Waals surface area contributed by atoms with Gasteiger partial charge in [-0.3, -0.25) is 9.59 Å². The van der Waals surface area contributed by atoms with Gasteiger partial charge in [-0.2, -0.15) is 0 Å². The predicted molar refractivity (Wildman–Crippen MR) is 185 cm³/mol. The summed E-state index contributed by atoms with van der Waals surface area (Å²) in [7, 11) is 0. The number of phenols is 2. The largest absolute Gasteiger partial charge is 0.508 e. The topological polar surface area (TPSA) is 98.7 Å². The predicted octanol–water partition coefficient (Wildman–Crippen LogP) is 8.91. The molecule has 0 aliphatic rings. The van der Waals surface area contributed by atoms with Crippen molar-refractivity contribution < 1.29 is 19.8 Å². The number of carbonyl (C=O) groups excluding carboxylic acids is 2. The molecule has 0 heterocycles. The third-order valence-electron chi connectivity index (χ3n) is 8.50. The number of anilines is 2. The van der Waals surface area contributed by atoms with E-state index in [4.69, 9.17) is 0 Å². The quantitative estimate of drug-likeness (QED) is 0.127. The Kier molecular flexibility index (Phi) is 9.87. The van der Waals surface area contributed by atoms with Crippen molar-refractivity contribution in [2.75, 3.05) is 10.6 Å². The van der Waals surface area contributed by atoms with Crippen LogP contribution in [0, 0.1) is 13.8 Å². The van der Waals surface area contributed by atoms with Crippen LogP contribution in [0.25, 0.3) is 0 Å². The Labute approximate surface area is 270 Å². The lowest BCUT2D eigenvalue weighted by atomic mass is 9.92. The van der Waals surface area contributed by atoms with Crippen LogP contribution >= 0.6 is 0 Å². The Balaban J connectivity index is 1.12. The maximum absolute atomic E-state index is 12.9. The molecule has 0 aromatic heterocycles. The highest BCUT2D eigenvalue weighted by atomic mass is 16.3. The standard InChI is InChI=1S/C40H40N2O4/c1-25(33-13-19-37(43)27(3)23-33)21-29-5-15-35(16-6-29)41-39(45)31-9-11-32(12-10-31)40(46)42-36-17-7-30(8-18-36)22-26(2)34-14-20-38(44)28(4)24-34/h5-20,23-26,43-44H,21-22H2,1-4H3,(H,41,45)(H,42,46). The molecule has 2 amide bonds. The highest BCUT2D eigenvalue weighted by Crippen LogP contribution is 2.27. The lowest BCUT2D eigenvalue weighted by Crippen LogP contribution is -2.14. The molecule has 5 aromatic carbocycles. The zero-order chi connectivity index (χ0) is 32.8. The maximum Gasteiger partial charge on any atom is 0.255 e. The normalized spacial score (nSPS) is 12.3. The summed E-state index contributed by atoms with van der Waals surface area (Å²) in [5.74, 6) is 0.676. The van der Waals surface area contributed by atoms with E-state index in [-0.39, 0.29) is 23.7 Å². The number of benzene rings is 5. The van der Waals surface area contributed by atoms with E-state index in [0.29, 0.717) is 34.0 Å². The zero-order valence-corrected chi connectivity index (χ0v) is 26.7. The summed E-state index contributed by atoms with van der Waals surface area (Å²) in [6.45, 7) is 8.11. The molecule has 46 heavy (non-hydrogen) atoms. The van der Waals surface area contributed by atoms with E-state index >= 15 is 0 Å². The summed E-state index contributed by atoms with van der Waals surface area (Å²) in [4.78, 5) is 25.8. The number of rotatable bonds is 10. The monoisotopic (exact) mass is 612 g/mol. The number of phenolic OH excluding ortho intramolecular Hbond substituents is 2. The fraction of sp³-hybridized carbons (Fsp3) is 0.200. The van der Waals surface area contributed by atoms with Gasteiger partial charge in [-0.05, 0) is 133 Å². The zero-order valence-electron chi connectivity index (χ0n) is 26.7. The third kappa shape index (κ3) is 8.02. The number of hydrogen-bond donors (Lipinski definition) is 4. The molecule has 0 bridgehead atoms. The smallest absolute Gasteiger partial charge is 0.255 e. The van der Waals surface area contributed by atoms with Crippen molar-refractivity contribution in [3.8, 4) is 11.5 Å². The lowest BCUT2D eigenvalue weighted by molar-refractivity contribution is 0.101. The van der Waals surface area contributed by atoms with E-state index < -0.39 is 0 Å². The van der Waals surface area contributed by atoms with Crippen molar-refractivity contribution in [3.05, 3.63) is 154 Å². The van der Waals surface area contributed by atoms with Crippen LogP contribution in [0.1, 0.15) is 79.8 Å². The van der Waals surface area contributed by atoms with Crippen LogP contribution in [0.4, 0.5) is 11.4 Å². The minimum absolute atomic E-state index is 0.250. The van der Waals surface area contributed by atoms with Gasteiger partial charge in [0, 0.05) is 22.5 Å². The molecule has 4 N–H and O–H groups in total. The van der Waals surface area contributed by atoms with Gasteiger partial charge in [0.05, 0.1) is 0 Å². The molecule has 0 radical (unpaired) electrons. The molecule has 2 unspecified atom stereocenters. The number of carbonyl (C=O) groups is 2. The minimum Gasteiger partial charge on any atom is -0.508 e. The fourth-order valence-electron chi connectivity index (χ4n) is 5.54. The average molecular weight is 613 g/mol. The van der Waals surface area contributed by atoms with Gasteiger partial charge in [-0.15, -0.1) is 0 Å². The van der Waals surface area contributed by atoms with Gasteiger partial charge in [0.25, 0.3) is 11.8 Å². The van der Waals surface area contributed by atoms with Gasteiger partial charge in [0.15, 0.2) is 0 Å². The molecule has 5 rings (SSSR count). The van der Waals surface area contributed by atoms with E-state index in [1.54, 1.807) is 36.4 Å². The van der Waals surface area contributed by atoms with Crippen LogP contribution in [-0.2, 0) is 12.8 Å². The number of nitrogens with one attached hydrogen (secondary N) is 2. The van der Waals surface area contributed by atoms with E-state index in [0.717, 1.165) is 35.1 Å². The second-order valence-electron chi connectivity index (χ2n) is 12.2. The van der Waals surface area contributed by atoms with Gasteiger partial charge >= 0.3 is 0 Å². The van der Waals surface area contributed by atoms with Gasteiger partial charge in [-0.25, -0.2) is 0 Å². The van der Waals surface area contributed by atoms with Crippen LogP contribution in [-0.4, -0.2) is 22.0 Å². The van der Waals surface area contributed by atoms with Crippen molar-refractivity contribution in [1.82, 2.24) is 0 Å². The van der Waals surface area contributed by atoms with Crippen molar-refractivity contribution in [3.63, 3.8) is 0 Å². The number of aryl methyl sites for hydroxylation is 2. The summed E-state index contributed by atoms with van der Waals surface area (Å²) in [5, 5.41) is 25.5. The Morgan fingerprint density at radius 1 is 0.543 bits per heavy atom. The van der Waals surface area contributed by atoms with E-state index in [2.05, 4.69) is 24.5 Å². The summed E-state index contributed by atoms with van der Waals surface area (Å²) in [5.41, 5.74) is 8.68. The first kappa shape index (κ1) is 32.0. The van der Waals surface area contributed by atoms with Crippen LogP contribution in [0.15, 0.2) is 109 Å². The molecule has 0 saturated carbocycles. The lowest BCUT2D eigenvalue weighted by Gasteiger charge is -2.14. The fourth-order valence-corrected chi connectivity index (χ4v) is 5.54. The van der Waals surface area contributed by atoms with Gasteiger partial charge in [0.2, 0.25) is 0 Å². The van der Waals surface area contributed by atoms with E-state index in [1.807, 2.05) is 86.6 Å². The Hall–Kier alpha value is -5.36. The molecule has 0 aliphatic heterocycles. The summed E-state index contributed by atoms with van der Waals surface area (Å²) in [6.07, 6.45) is 1.68. The summed E-state index contributed by atoms with van der Waals surface area (Å²) in [6, 6.07) is 33.6. The molecule has 6 nitrogen and oxygen atoms in total. The Morgan fingerprint density at radius 2 is 0.891 bits per heavy atom. The SMILES string of the molecule is Cc1cc(C(C)Cc2ccc(NC(=O)c3ccc(C(=O)Nc4ccc(CC(C)c5ccc(O)c(C)c5)cc4)cc3)cc2)ccc1O. The Morgan fingerprint density at radius 3 is 1.22 bits per heavy atom. The van der Waals surface area contributed by atoms with Crippen LogP contribution < -0.4 is 10.6 Å². The molecule has 2 atom stereocenters. The second-order valence-corrected chi connectivity index (χ2v) is 12.2. The first-order valence-corrected chi connectivity index (χ1v) is 15.6. The molecule has 0 saturated heterocycles. The van der Waals surface area contributed by atoms with Crippen molar-refractivity contribution in [1.29, 1.82) is 0 Å². The van der Waals surface area contributed by atoms with Gasteiger partial charge < -0.3 is 20.8 Å². The molecular formula is C40H40N2O4. The number of amides is 2. The van der Waals surface area contributed by atoms with Crippen molar-refractivity contribution in [2.24, 2.45) is 0 Å². The molecular weight excluding hydrogens is 572 g/mol. The highest BCUT2D eigenvalue weighted by molar-refractivity contribution is 6.07. The third-order valence-corrected chi connectivity index (χ3v) is 8.50. The molecule has 5 aromatic rings. The van der Waals surface area contributed by atoms with Crippen LogP contribution in [0.5, 0.6) is 11.5 Å². The Bertz CT molecular complexity index is 1690. The first-order valence-electron chi connectivity index (χ1n) is 15.6. The second kappa shape index (κ2) is 14.2. The van der Waals surface area contributed by atoms with Crippen LogP contribution in [0.2, 0.25) is 0 Å². The molecule has 0 spiro atoms. The van der Waals surface area contributed by atoms with E-state index in [9.17, 15) is 19.8 Å². The summed E-state index contributed by atoms with van der Waals surface area (Å²) >= 11 is 0. The maximum atomic E-state index is 12.9. The van der Waals surface area contributed by atoms with Crippen molar-refractivity contribution >= 4 is 23.2 Å². The van der Waals surface area contributed by atoms with E-state index in [1.165, 1.54) is 11.1 Å². The van der Waals surface area contributed by atoms with Gasteiger partial charge in [0.1, 0.15) is 11.5 Å². The van der Waals surface area contributed by atoms with Gasteiger partial charge in [-0.1, -0.05) is 62.4 Å². The van der Waals surface area contributed by atoms with Crippen LogP contribution in [0.3, 0.4) is 0 Å². The van der Waals surface area contributed by atoms with Crippen molar-refractivity contribution in [2.45, 2.75) is 52.4 Å². The highest BCUT2D eigenvalue weighted by Gasteiger charge is 2.13. The molecule has 0 aliphatic carbocycles. The molecule has 6 heteroatoms. The minimum atomic E-state index is -0.250. The first-order chi connectivity index (χ1) is 22.0. The number of aromatic hydroxyl groups is 2. The molecule has 234 valence electrons.